The van der Waals surface area contributed by atoms with Gasteiger partial charge in [-0.1, -0.05) is 87.0 Å². The summed E-state index contributed by atoms with van der Waals surface area (Å²) < 4.78 is 34.8. The first-order valence-corrected chi connectivity index (χ1v) is 47.4. The molecule has 3 saturated heterocycles. The van der Waals surface area contributed by atoms with Crippen LogP contribution in [0.15, 0.2) is 73.6 Å². The molecule has 6 aromatic heterocycles. The Bertz CT molecular complexity index is 5930. The molecule has 130 heavy (non-hydrogen) atoms. The third kappa shape index (κ3) is 19.6. The van der Waals surface area contributed by atoms with Crippen LogP contribution in [0, 0.1) is 48.3 Å². The average Bonchev–Trinajstić information content (AvgIpc) is 1.54. The van der Waals surface area contributed by atoms with Gasteiger partial charge in [0, 0.05) is 154 Å². The van der Waals surface area contributed by atoms with Crippen molar-refractivity contribution in [2.24, 2.45) is 27.6 Å². The van der Waals surface area contributed by atoms with Crippen LogP contribution in [0.1, 0.15) is 308 Å². The molecule has 0 spiro atoms. The second-order valence-corrected chi connectivity index (χ2v) is 39.9. The number of carbonyl (C=O) groups excluding carboxylic acids is 11. The molecular formula is C102H125F2N15O11. The number of alkyl halides is 2. The number of rotatable bonds is 12. The van der Waals surface area contributed by atoms with Gasteiger partial charge in [0.15, 0.2) is 34.7 Å². The summed E-state index contributed by atoms with van der Waals surface area (Å²) in [6, 6.07) is 10.3. The van der Waals surface area contributed by atoms with Crippen molar-refractivity contribution in [3.63, 3.8) is 0 Å². The van der Waals surface area contributed by atoms with E-state index < -0.39 is 35.6 Å². The first-order valence-electron chi connectivity index (χ1n) is 47.4. The van der Waals surface area contributed by atoms with Gasteiger partial charge in [0.1, 0.15) is 60.0 Å². The van der Waals surface area contributed by atoms with E-state index in [0.717, 1.165) is 144 Å². The number of aryl methyl sites for hydroxylation is 6. The molecule has 5 fully saturated rings. The monoisotopic (exact) mass is 1770 g/mol. The zero-order valence-electron chi connectivity index (χ0n) is 77.9. The van der Waals surface area contributed by atoms with Crippen molar-refractivity contribution in [1.82, 2.24) is 73.9 Å². The van der Waals surface area contributed by atoms with E-state index in [9.17, 15) is 61.5 Å². The maximum absolute atomic E-state index is 14.9. The zero-order valence-corrected chi connectivity index (χ0v) is 77.9. The molecule has 688 valence electrons. The Morgan fingerprint density at radius 2 is 0.769 bits per heavy atom. The third-order valence-corrected chi connectivity index (χ3v) is 29.6. The summed E-state index contributed by atoms with van der Waals surface area (Å²) in [5.41, 5.74) is 10.7. The Hall–Kier alpha value is -11.1. The van der Waals surface area contributed by atoms with Crippen LogP contribution in [-0.2, 0) is 77.3 Å². The molecule has 8 atom stereocenters. The lowest BCUT2D eigenvalue weighted by Crippen LogP contribution is -2.44. The Morgan fingerprint density at radius 3 is 1.17 bits per heavy atom. The molecule has 12 heterocycles. The van der Waals surface area contributed by atoms with Crippen LogP contribution < -0.4 is 0 Å². The number of fused-ring (bicyclic) bond motifs is 2. The van der Waals surface area contributed by atoms with E-state index in [-0.39, 0.29) is 150 Å². The number of nitrogens with zero attached hydrogens (tertiary/aromatic N) is 15. The van der Waals surface area contributed by atoms with Gasteiger partial charge in [0.25, 0.3) is 0 Å². The van der Waals surface area contributed by atoms with Crippen molar-refractivity contribution < 1.29 is 61.5 Å². The van der Waals surface area contributed by atoms with Crippen LogP contribution in [0.3, 0.4) is 0 Å². The van der Waals surface area contributed by atoms with Crippen LogP contribution in [0.25, 0.3) is 66.1 Å². The lowest BCUT2D eigenvalue weighted by molar-refractivity contribution is -0.144. The van der Waals surface area contributed by atoms with E-state index in [2.05, 4.69) is 74.8 Å². The number of Topliss-reactive ketones (excluding diaryl/α,β-unsaturated/α-hetero) is 8. The molecule has 3 aromatic carbocycles. The summed E-state index contributed by atoms with van der Waals surface area (Å²) in [5, 5.41) is 16.2. The van der Waals surface area contributed by atoms with Gasteiger partial charge >= 0.3 is 5.92 Å². The summed E-state index contributed by atoms with van der Waals surface area (Å²) in [4.78, 5) is 177. The first-order chi connectivity index (χ1) is 61.9. The van der Waals surface area contributed by atoms with Gasteiger partial charge in [-0.2, -0.15) is 24.1 Å². The van der Waals surface area contributed by atoms with Crippen LogP contribution in [-0.4, -0.2) is 181 Å². The maximum Gasteiger partial charge on any atom is 0.305 e. The molecule has 26 nitrogen and oxygen atoms in total. The van der Waals surface area contributed by atoms with E-state index in [1.54, 1.807) is 62.5 Å². The standard InChI is InChI=1S/C35H45N5O3.C34H43N5O4.C33H37F2N5O4/c1-6-29(42)28-17-35-14-10-13-34(4,5)12-9-7-8-11-24-15-25(26-19-36-23(3)37-20-26)16-27-32(22(2)41)38-39(33(24)27)21-31(43)40(28)30(35)18-35;1-6-30(42)29-15-26-19-38(29)31(43)20-39-33-23(11-9-7-8-10-12-27(41)16-34(26,4)5)13-24(25-17-35-22(3)36-18-25)14-28(33)32(37-39)21(2)40;1-4-26(42)25-14-32-11-9-28(43)33(34,35)10-7-5-6-8-21-12-22(23-16-36-20(3)37-17-23)13-24-30(19(2)41)38-39(31(21)24)18-29(44)40(25)27(32)15-32/h15-16,19-20,28,30H,6-14,17-18,21H2,1-5H3;13-14,17-18,26,29H,6-12,15-16,19-20H2,1-5H3;12-13,16-17,25,27H,4-11,14-15,18H2,1-3H3/t28-,30+,35-;26-,29-;25-,27+,32-/m000/s1. The maximum atomic E-state index is 14.9. The molecule has 28 heteroatoms. The lowest BCUT2D eigenvalue weighted by Gasteiger charge is -2.31. The molecule has 2 saturated carbocycles. The molecule has 9 aromatic rings. The predicted molar refractivity (Wildman–Crippen MR) is 490 cm³/mol. The molecule has 6 bridgehead atoms. The third-order valence-electron chi connectivity index (χ3n) is 29.6. The van der Waals surface area contributed by atoms with Gasteiger partial charge in [-0.25, -0.2) is 29.9 Å². The number of ketones is 8. The molecule has 3 amide bonds. The topological polar surface area (TPSA) is 328 Å². The van der Waals surface area contributed by atoms with Crippen molar-refractivity contribution in [3.05, 3.63) is 125 Å². The highest BCUT2D eigenvalue weighted by molar-refractivity contribution is 6.10. The van der Waals surface area contributed by atoms with Crippen LogP contribution >= 0.6 is 0 Å². The number of aromatic nitrogens is 12. The van der Waals surface area contributed by atoms with Crippen molar-refractivity contribution in [1.29, 1.82) is 0 Å². The molecule has 0 radical (unpaired) electrons. The number of amides is 3. The van der Waals surface area contributed by atoms with Crippen LogP contribution in [0.4, 0.5) is 8.78 Å². The minimum absolute atomic E-state index is 0.0247. The van der Waals surface area contributed by atoms with E-state index in [0.29, 0.717) is 116 Å². The van der Waals surface area contributed by atoms with Gasteiger partial charge < -0.3 is 14.7 Å². The summed E-state index contributed by atoms with van der Waals surface area (Å²) >= 11 is 0. The number of hydrogen-bond acceptors (Lipinski definition) is 20. The number of piperidine rings is 2. The molecule has 17 rings (SSSR count). The van der Waals surface area contributed by atoms with E-state index >= 15 is 0 Å². The summed E-state index contributed by atoms with van der Waals surface area (Å²) in [6.07, 6.45) is 30.2. The largest absolute Gasteiger partial charge is 0.331 e. The Labute approximate surface area is 758 Å². The average molecular weight is 1780 g/mol. The SMILES string of the molecule is CCC(=O)[C@@H]1C[C@H]2CN1C(=O)Cn1nc(C(C)=O)c3cc(-c4cnc(C)nc4)cc(c31)CCCCCCC(=O)CC2(C)C.CCC(=O)[C@@H]1C[C@]23CCC(=O)C(F)(F)CCCCCc4cc(-c5cnc(C)nc5)cc5c(C(C)=O)nn(c45)CC(=O)N1[C@@H]2C3.CCC(=O)[C@@H]1C[C@]23CCCC(C)(C)CCCCCc4cc(-c5cnc(C)nc5)cc5c(C(C)=O)nn(c45)CC(=O)N1[C@@H]2C3. The lowest BCUT2D eigenvalue weighted by atomic mass is 9.73. The minimum Gasteiger partial charge on any atom is -0.331 e. The molecular weight excluding hydrogens is 1650 g/mol. The number of carbonyl (C=O) groups is 11. The van der Waals surface area contributed by atoms with E-state index in [1.165, 1.54) is 40.0 Å². The smallest absolute Gasteiger partial charge is 0.305 e. The predicted octanol–water partition coefficient (Wildman–Crippen LogP) is 17.8. The summed E-state index contributed by atoms with van der Waals surface area (Å²) in [6.45, 7) is 24.6. The van der Waals surface area contributed by atoms with Gasteiger partial charge in [0.2, 0.25) is 23.5 Å². The van der Waals surface area contributed by atoms with E-state index in [4.69, 9.17) is 10.2 Å². The summed E-state index contributed by atoms with van der Waals surface area (Å²) in [7, 11) is 0. The second kappa shape index (κ2) is 38.0. The highest BCUT2D eigenvalue weighted by Gasteiger charge is 2.68. The van der Waals surface area contributed by atoms with Crippen molar-refractivity contribution in [2.45, 2.75) is 338 Å². The normalized spacial score (nSPS) is 24.3. The Balaban J connectivity index is 0.000000150. The number of halogens is 2. The Morgan fingerprint density at radius 1 is 0.408 bits per heavy atom. The molecule has 6 aliphatic heterocycles. The highest BCUT2D eigenvalue weighted by atomic mass is 19.3. The van der Waals surface area contributed by atoms with Crippen molar-refractivity contribution in [2.75, 3.05) is 6.54 Å². The van der Waals surface area contributed by atoms with Gasteiger partial charge in [-0.3, -0.25) is 66.8 Å². The molecule has 0 unspecified atom stereocenters. The van der Waals surface area contributed by atoms with E-state index in [1.807, 2.05) is 69.3 Å². The zero-order chi connectivity index (χ0) is 92.8. The number of hydrogen-bond donors (Lipinski definition) is 0. The molecule has 0 N–H and O–H groups in total. The molecule has 2 aliphatic carbocycles. The fourth-order valence-corrected chi connectivity index (χ4v) is 22.0. The summed E-state index contributed by atoms with van der Waals surface area (Å²) in [5.74, 6) is -3.20. The van der Waals surface area contributed by atoms with Crippen LogP contribution in [0.5, 0.6) is 0 Å². The van der Waals surface area contributed by atoms with Crippen molar-refractivity contribution in [3.8, 4) is 33.4 Å². The van der Waals surface area contributed by atoms with Gasteiger partial charge in [0.05, 0.1) is 34.7 Å². The first kappa shape index (κ1) is 93.6. The Kier molecular flexibility index (Phi) is 27.4. The van der Waals surface area contributed by atoms with Gasteiger partial charge in [-0.15, -0.1) is 0 Å². The van der Waals surface area contributed by atoms with Crippen LogP contribution in [0.2, 0.25) is 0 Å². The van der Waals surface area contributed by atoms with Crippen molar-refractivity contribution >= 4 is 96.7 Å². The number of benzene rings is 3. The molecule has 8 aliphatic rings. The quantitative estimate of drug-likeness (QED) is 0.103. The fraction of sp³-hybridized carbons (Fsp3) is 0.569. The van der Waals surface area contributed by atoms with Gasteiger partial charge in [-0.05, 0) is 227 Å². The fourth-order valence-electron chi connectivity index (χ4n) is 22.0. The second-order valence-electron chi connectivity index (χ2n) is 39.9. The minimum atomic E-state index is -3.41. The highest BCUT2D eigenvalue weighted by Crippen LogP contribution is 2.64.